The van der Waals surface area contributed by atoms with Crippen LogP contribution < -0.4 is 5.73 Å². The fourth-order valence-corrected chi connectivity index (χ4v) is 4.35. The number of hydrogen-bond donors (Lipinski definition) is 1. The third-order valence-corrected chi connectivity index (χ3v) is 6.14. The number of hydrogen-bond acceptors (Lipinski definition) is 4. The Morgan fingerprint density at radius 1 is 1.28 bits per heavy atom. The topological polar surface area (TPSA) is 72.6 Å². The Labute approximate surface area is 174 Å². The lowest BCUT2D eigenvalue weighted by atomic mass is 9.57. The van der Waals surface area contributed by atoms with Crippen molar-refractivity contribution in [1.82, 2.24) is 4.90 Å². The first-order valence-corrected chi connectivity index (χ1v) is 10.3. The highest BCUT2D eigenvalue weighted by Crippen LogP contribution is 2.58. The average molecular weight is 429 g/mol. The van der Waals surface area contributed by atoms with Gasteiger partial charge in [-0.2, -0.15) is 0 Å². The van der Waals surface area contributed by atoms with Crippen molar-refractivity contribution in [2.45, 2.75) is 51.7 Å². The van der Waals surface area contributed by atoms with E-state index in [0.29, 0.717) is 12.1 Å². The van der Waals surface area contributed by atoms with Crippen LogP contribution in [0.4, 0.5) is 8.78 Å². The summed E-state index contributed by atoms with van der Waals surface area (Å²) in [5.74, 6) is -2.50. The number of alkyl halides is 1. The molecule has 0 radical (unpaired) electrons. The van der Waals surface area contributed by atoms with E-state index in [1.165, 1.54) is 12.1 Å². The van der Waals surface area contributed by atoms with E-state index >= 15 is 4.39 Å². The van der Waals surface area contributed by atoms with Crippen LogP contribution in [0.25, 0.3) is 0 Å². The summed E-state index contributed by atoms with van der Waals surface area (Å²) in [6.07, 6.45) is 1.08. The number of nitrogens with zero attached hydrogens (tertiary/aromatic N) is 1. The fourth-order valence-electron chi connectivity index (χ4n) is 4.13. The molecule has 2 N–H and O–H groups in total. The summed E-state index contributed by atoms with van der Waals surface area (Å²) in [5, 5.41) is 0.268. The molecule has 3 rings (SSSR count). The summed E-state index contributed by atoms with van der Waals surface area (Å²) in [4.78, 5) is 26.5. The number of esters is 1. The highest BCUT2D eigenvalue weighted by atomic mass is 35.5. The van der Waals surface area contributed by atoms with Gasteiger partial charge in [-0.15, -0.1) is 0 Å². The number of likely N-dealkylation sites (tertiary alicyclic amines) is 1. The average Bonchev–Trinajstić information content (AvgIpc) is 3.12. The van der Waals surface area contributed by atoms with Gasteiger partial charge in [-0.25, -0.2) is 8.78 Å². The molecule has 2 aliphatic rings. The van der Waals surface area contributed by atoms with E-state index < -0.39 is 41.6 Å². The molecule has 1 amide bonds. The Kier molecular flexibility index (Phi) is 6.20. The van der Waals surface area contributed by atoms with Crippen LogP contribution in [0, 0.1) is 17.2 Å². The van der Waals surface area contributed by atoms with Gasteiger partial charge in [-0.3, -0.25) is 14.5 Å². The number of nitrogens with two attached hydrogens (primary N) is 1. The van der Waals surface area contributed by atoms with Crippen LogP contribution >= 0.6 is 11.6 Å². The minimum absolute atomic E-state index is 0.0542. The second-order valence-corrected chi connectivity index (χ2v) is 9.07. The number of ether oxygens (including phenoxy) is 1. The fraction of sp³-hybridized carbons (Fsp3) is 0.619. The predicted molar refractivity (Wildman–Crippen MR) is 105 cm³/mol. The second-order valence-electron chi connectivity index (χ2n) is 8.66. The van der Waals surface area contributed by atoms with Crippen molar-refractivity contribution >= 4 is 23.5 Å². The third kappa shape index (κ3) is 4.26. The smallest absolute Gasteiger partial charge is 0.321 e. The van der Waals surface area contributed by atoms with Crippen LogP contribution in [0.15, 0.2) is 12.1 Å². The molecule has 8 heteroatoms. The van der Waals surface area contributed by atoms with Gasteiger partial charge in [0.2, 0.25) is 5.91 Å². The lowest BCUT2D eigenvalue weighted by Gasteiger charge is -2.47. The zero-order chi connectivity index (χ0) is 21.4. The van der Waals surface area contributed by atoms with E-state index in [4.69, 9.17) is 22.1 Å². The SMILES string of the molecule is CC(C)COC(=O)C1(C(N)=O)CC(F)(c2cc(Cl)c(CN3CCCC3)cc2F)C1. The maximum atomic E-state index is 15.5. The number of rotatable bonds is 7. The quantitative estimate of drug-likeness (QED) is 0.531. The molecule has 1 aromatic carbocycles. The van der Waals surface area contributed by atoms with Crippen LogP contribution in [0.5, 0.6) is 0 Å². The van der Waals surface area contributed by atoms with Gasteiger partial charge in [0, 0.05) is 30.0 Å². The van der Waals surface area contributed by atoms with E-state index in [1.54, 1.807) is 0 Å². The molecular weight excluding hydrogens is 402 g/mol. The summed E-state index contributed by atoms with van der Waals surface area (Å²) >= 11 is 6.30. The molecule has 1 aliphatic carbocycles. The number of benzene rings is 1. The Bertz CT molecular complexity index is 803. The van der Waals surface area contributed by atoms with E-state index in [0.717, 1.165) is 25.9 Å². The zero-order valence-corrected chi connectivity index (χ0v) is 17.5. The lowest BCUT2D eigenvalue weighted by Crippen LogP contribution is -2.59. The Balaban J connectivity index is 1.79. The van der Waals surface area contributed by atoms with E-state index in [2.05, 4.69) is 4.90 Å². The Hall–Kier alpha value is -1.73. The first kappa shape index (κ1) is 22.0. The number of halogens is 3. The van der Waals surface area contributed by atoms with Gasteiger partial charge in [0.05, 0.1) is 6.61 Å². The zero-order valence-electron chi connectivity index (χ0n) is 16.8. The second kappa shape index (κ2) is 8.19. The highest BCUT2D eigenvalue weighted by Gasteiger charge is 2.65. The minimum atomic E-state index is -2.20. The van der Waals surface area contributed by atoms with Gasteiger partial charge in [0.1, 0.15) is 11.5 Å². The van der Waals surface area contributed by atoms with Crippen molar-refractivity contribution in [2.24, 2.45) is 17.1 Å². The molecule has 0 atom stereocenters. The molecule has 1 saturated heterocycles. The number of carbonyl (C=O) groups excluding carboxylic acids is 2. The Morgan fingerprint density at radius 2 is 1.90 bits per heavy atom. The summed E-state index contributed by atoms with van der Waals surface area (Å²) in [6.45, 7) is 6.12. The predicted octanol–water partition coefficient (Wildman–Crippen LogP) is 3.70. The highest BCUT2D eigenvalue weighted by molar-refractivity contribution is 6.31. The molecule has 2 fully saturated rings. The number of carbonyl (C=O) groups is 2. The summed E-state index contributed by atoms with van der Waals surface area (Å²) in [6, 6.07) is 2.52. The van der Waals surface area contributed by atoms with Gasteiger partial charge in [0.25, 0.3) is 0 Å². The van der Waals surface area contributed by atoms with Gasteiger partial charge in [0.15, 0.2) is 5.41 Å². The molecule has 0 bridgehead atoms. The first-order valence-electron chi connectivity index (χ1n) is 9.94. The van der Waals surface area contributed by atoms with Gasteiger partial charge in [-0.05, 0) is 49.5 Å². The molecule has 1 saturated carbocycles. The first-order chi connectivity index (χ1) is 13.6. The molecule has 1 heterocycles. The minimum Gasteiger partial charge on any atom is -0.465 e. The van der Waals surface area contributed by atoms with Crippen LogP contribution in [-0.2, 0) is 26.5 Å². The summed E-state index contributed by atoms with van der Waals surface area (Å²) in [7, 11) is 0. The molecule has 0 unspecified atom stereocenters. The van der Waals surface area contributed by atoms with E-state index in [1.807, 2.05) is 13.8 Å². The van der Waals surface area contributed by atoms with Gasteiger partial charge < -0.3 is 10.5 Å². The van der Waals surface area contributed by atoms with Crippen molar-refractivity contribution < 1.29 is 23.1 Å². The molecule has 0 spiro atoms. The van der Waals surface area contributed by atoms with Crippen molar-refractivity contribution in [2.75, 3.05) is 19.7 Å². The number of amides is 1. The maximum absolute atomic E-state index is 15.5. The summed E-state index contributed by atoms with van der Waals surface area (Å²) < 4.78 is 35.4. The van der Waals surface area contributed by atoms with Crippen LogP contribution in [0.3, 0.4) is 0 Å². The van der Waals surface area contributed by atoms with E-state index in [-0.39, 0.29) is 23.1 Å². The van der Waals surface area contributed by atoms with Crippen molar-refractivity contribution in [3.63, 3.8) is 0 Å². The standard InChI is InChI=1S/C21H27ClF2N2O3/c1-13(2)10-29-19(28)20(18(25)27)11-21(24,12-20)15-8-16(22)14(7-17(15)23)9-26-5-3-4-6-26/h7-8,13H,3-6,9-12H2,1-2H3,(H2,25,27). The largest absolute Gasteiger partial charge is 0.465 e. The molecule has 29 heavy (non-hydrogen) atoms. The van der Waals surface area contributed by atoms with Crippen molar-refractivity contribution in [3.8, 4) is 0 Å². The summed E-state index contributed by atoms with van der Waals surface area (Å²) in [5.41, 5.74) is 1.75. The van der Waals surface area contributed by atoms with Crippen molar-refractivity contribution in [3.05, 3.63) is 34.1 Å². The Morgan fingerprint density at radius 3 is 2.45 bits per heavy atom. The monoisotopic (exact) mass is 428 g/mol. The number of primary amides is 1. The molecule has 1 aliphatic heterocycles. The van der Waals surface area contributed by atoms with Crippen molar-refractivity contribution in [1.29, 1.82) is 0 Å². The normalized spacial score (nSPS) is 27.1. The van der Waals surface area contributed by atoms with Crippen LogP contribution in [0.1, 0.15) is 50.7 Å². The third-order valence-electron chi connectivity index (χ3n) is 5.79. The molecule has 5 nitrogen and oxygen atoms in total. The van der Waals surface area contributed by atoms with Gasteiger partial charge >= 0.3 is 5.97 Å². The molecule has 160 valence electrons. The molecule has 1 aromatic rings. The molecular formula is C21H27ClF2N2O3. The van der Waals surface area contributed by atoms with Gasteiger partial charge in [-0.1, -0.05) is 25.4 Å². The van der Waals surface area contributed by atoms with E-state index in [9.17, 15) is 14.0 Å². The maximum Gasteiger partial charge on any atom is 0.321 e. The molecule has 0 aromatic heterocycles. The lowest BCUT2D eigenvalue weighted by molar-refractivity contribution is -0.182. The van der Waals surface area contributed by atoms with Crippen LogP contribution in [-0.4, -0.2) is 36.5 Å². The van der Waals surface area contributed by atoms with Crippen LogP contribution in [0.2, 0.25) is 5.02 Å².